The molecule has 1 N–H and O–H groups in total. The second kappa shape index (κ2) is 8.40. The summed E-state index contributed by atoms with van der Waals surface area (Å²) in [6.07, 6.45) is 2.94. The summed E-state index contributed by atoms with van der Waals surface area (Å²) in [5.41, 5.74) is 1.15. The number of hydrogen-bond acceptors (Lipinski definition) is 5. The topological polar surface area (TPSA) is 79.5 Å². The van der Waals surface area contributed by atoms with E-state index in [0.717, 1.165) is 19.4 Å². The molecular weight excluding hydrogens is 349 g/mol. The number of aromatic nitrogens is 2. The van der Waals surface area contributed by atoms with E-state index in [4.69, 9.17) is 9.63 Å². The van der Waals surface area contributed by atoms with Gasteiger partial charge in [0.2, 0.25) is 11.7 Å². The fraction of sp³-hybridized carbons (Fsp3) is 0.471. The van der Waals surface area contributed by atoms with Crippen LogP contribution in [0.1, 0.15) is 30.7 Å². The van der Waals surface area contributed by atoms with Gasteiger partial charge >= 0.3 is 5.97 Å². The van der Waals surface area contributed by atoms with Crippen LogP contribution in [0.3, 0.4) is 0 Å². The van der Waals surface area contributed by atoms with Gasteiger partial charge in [-0.25, -0.2) is 4.39 Å². The molecule has 1 aromatic carbocycles. The summed E-state index contributed by atoms with van der Waals surface area (Å²) >= 11 is 0. The van der Waals surface area contributed by atoms with Gasteiger partial charge in [-0.05, 0) is 50.9 Å². The quantitative estimate of drug-likeness (QED) is 0.842. The lowest BCUT2D eigenvalue weighted by molar-refractivity contribution is -0.142. The lowest BCUT2D eigenvalue weighted by Gasteiger charge is -2.20. The highest BCUT2D eigenvalue weighted by Crippen LogP contribution is 2.20. The lowest BCUT2D eigenvalue weighted by atomic mass is 10.1. The number of carboxylic acids is 1. The molecule has 0 spiro atoms. The lowest BCUT2D eigenvalue weighted by Crippen LogP contribution is -2.36. The van der Waals surface area contributed by atoms with Crippen molar-refractivity contribution >= 4 is 18.4 Å². The number of hydrogen-bond donors (Lipinski definition) is 1. The normalized spacial score (nSPS) is 17.4. The zero-order chi connectivity index (χ0) is 17.1. The summed E-state index contributed by atoms with van der Waals surface area (Å²) in [7, 11) is 0. The standard InChI is InChI=1S/C17H20FN3O3.ClH/c1-11-6-7-12(10-13(11)18)16-19-15(24-20-16)5-3-9-21-8-2-4-14(21)17(22)23;/h6-7,10,14H,2-5,8-9H2,1H3,(H,22,23);1H. The molecule has 8 heteroatoms. The SMILES string of the molecule is Cc1ccc(-c2noc(CCCN3CCCC3C(=O)O)n2)cc1F.Cl. The summed E-state index contributed by atoms with van der Waals surface area (Å²) in [5.74, 6) is -0.202. The molecule has 1 saturated heterocycles. The number of aryl methyl sites for hydroxylation is 2. The smallest absolute Gasteiger partial charge is 0.320 e. The molecule has 0 amide bonds. The number of benzene rings is 1. The van der Waals surface area contributed by atoms with E-state index in [0.29, 0.717) is 42.2 Å². The number of carbonyl (C=O) groups is 1. The predicted molar refractivity (Wildman–Crippen MR) is 92.2 cm³/mol. The fourth-order valence-corrected chi connectivity index (χ4v) is 3.01. The minimum atomic E-state index is -0.756. The number of likely N-dealkylation sites (tertiary alicyclic amines) is 1. The van der Waals surface area contributed by atoms with Crippen molar-refractivity contribution in [2.75, 3.05) is 13.1 Å². The van der Waals surface area contributed by atoms with Crippen LogP contribution in [-0.4, -0.2) is 45.2 Å². The van der Waals surface area contributed by atoms with Crippen LogP contribution in [0.5, 0.6) is 0 Å². The summed E-state index contributed by atoms with van der Waals surface area (Å²) in [6, 6.07) is 4.46. The zero-order valence-corrected chi connectivity index (χ0v) is 14.8. The summed E-state index contributed by atoms with van der Waals surface area (Å²) in [4.78, 5) is 17.4. The average Bonchev–Trinajstić information content (AvgIpc) is 3.19. The fourth-order valence-electron chi connectivity index (χ4n) is 3.01. The largest absolute Gasteiger partial charge is 0.480 e. The van der Waals surface area contributed by atoms with E-state index in [1.807, 2.05) is 4.90 Å². The van der Waals surface area contributed by atoms with Crippen LogP contribution >= 0.6 is 12.4 Å². The Bertz CT molecular complexity index is 738. The van der Waals surface area contributed by atoms with Crippen molar-refractivity contribution in [2.24, 2.45) is 0 Å². The van der Waals surface area contributed by atoms with Crippen LogP contribution in [0.15, 0.2) is 22.7 Å². The van der Waals surface area contributed by atoms with Crippen molar-refractivity contribution < 1.29 is 18.8 Å². The number of aliphatic carboxylic acids is 1. The molecule has 6 nitrogen and oxygen atoms in total. The van der Waals surface area contributed by atoms with Crippen molar-refractivity contribution in [1.29, 1.82) is 0 Å². The third-order valence-electron chi connectivity index (χ3n) is 4.38. The van der Waals surface area contributed by atoms with E-state index in [9.17, 15) is 9.18 Å². The minimum Gasteiger partial charge on any atom is -0.480 e. The van der Waals surface area contributed by atoms with Gasteiger partial charge in [0.15, 0.2) is 0 Å². The molecule has 0 saturated carbocycles. The molecule has 2 aromatic rings. The summed E-state index contributed by atoms with van der Waals surface area (Å²) in [6.45, 7) is 3.20. The van der Waals surface area contributed by atoms with Crippen molar-refractivity contribution in [3.63, 3.8) is 0 Å². The van der Waals surface area contributed by atoms with Gasteiger partial charge in [-0.2, -0.15) is 4.98 Å². The Morgan fingerprint density at radius 1 is 1.48 bits per heavy atom. The second-order valence-electron chi connectivity index (χ2n) is 6.11. The molecule has 136 valence electrons. The first-order valence-corrected chi connectivity index (χ1v) is 8.10. The van der Waals surface area contributed by atoms with Crippen LogP contribution in [0.2, 0.25) is 0 Å². The summed E-state index contributed by atoms with van der Waals surface area (Å²) < 4.78 is 18.8. The number of nitrogens with zero attached hydrogens (tertiary/aromatic N) is 3. The molecule has 1 aromatic heterocycles. The molecule has 1 aliphatic rings. The Hall–Kier alpha value is -1.99. The van der Waals surface area contributed by atoms with Gasteiger partial charge in [-0.3, -0.25) is 9.69 Å². The van der Waals surface area contributed by atoms with E-state index < -0.39 is 5.97 Å². The Balaban J connectivity index is 0.00000225. The first kappa shape index (κ1) is 19.3. The Labute approximate surface area is 151 Å². The molecule has 0 radical (unpaired) electrons. The maximum atomic E-state index is 13.6. The minimum absolute atomic E-state index is 0. The highest BCUT2D eigenvalue weighted by atomic mass is 35.5. The van der Waals surface area contributed by atoms with E-state index in [1.54, 1.807) is 19.1 Å². The van der Waals surface area contributed by atoms with Gasteiger partial charge in [0.1, 0.15) is 11.9 Å². The first-order valence-electron chi connectivity index (χ1n) is 8.10. The van der Waals surface area contributed by atoms with Crippen LogP contribution in [0.4, 0.5) is 4.39 Å². The molecule has 1 fully saturated rings. The maximum Gasteiger partial charge on any atom is 0.320 e. The van der Waals surface area contributed by atoms with Gasteiger partial charge in [-0.15, -0.1) is 12.4 Å². The van der Waals surface area contributed by atoms with Gasteiger partial charge in [-0.1, -0.05) is 17.3 Å². The van der Waals surface area contributed by atoms with Crippen LogP contribution in [0, 0.1) is 12.7 Å². The number of halogens is 2. The van der Waals surface area contributed by atoms with E-state index in [2.05, 4.69) is 10.1 Å². The molecule has 0 aliphatic carbocycles. The predicted octanol–water partition coefficient (Wildman–Crippen LogP) is 3.09. The number of rotatable bonds is 6. The molecule has 1 aliphatic heterocycles. The second-order valence-corrected chi connectivity index (χ2v) is 6.11. The van der Waals surface area contributed by atoms with Crippen molar-refractivity contribution in [3.05, 3.63) is 35.5 Å². The monoisotopic (exact) mass is 369 g/mol. The van der Waals surface area contributed by atoms with Gasteiger partial charge in [0.25, 0.3) is 0 Å². The van der Waals surface area contributed by atoms with Crippen LogP contribution in [-0.2, 0) is 11.2 Å². The maximum absolute atomic E-state index is 13.6. The molecular formula is C17H21ClFN3O3. The molecule has 1 unspecified atom stereocenters. The van der Waals surface area contributed by atoms with E-state index in [-0.39, 0.29) is 24.3 Å². The van der Waals surface area contributed by atoms with E-state index >= 15 is 0 Å². The van der Waals surface area contributed by atoms with Crippen molar-refractivity contribution in [1.82, 2.24) is 15.0 Å². The van der Waals surface area contributed by atoms with Gasteiger partial charge in [0, 0.05) is 12.0 Å². The zero-order valence-electron chi connectivity index (χ0n) is 13.9. The molecule has 3 rings (SSSR count). The van der Waals surface area contributed by atoms with Gasteiger partial charge < -0.3 is 9.63 Å². The van der Waals surface area contributed by atoms with Crippen molar-refractivity contribution in [2.45, 2.75) is 38.6 Å². The third-order valence-corrected chi connectivity index (χ3v) is 4.38. The molecule has 25 heavy (non-hydrogen) atoms. The number of carboxylic acid groups (broad SMARTS) is 1. The Kier molecular flexibility index (Phi) is 6.50. The van der Waals surface area contributed by atoms with Crippen LogP contribution < -0.4 is 0 Å². The summed E-state index contributed by atoms with van der Waals surface area (Å²) in [5, 5.41) is 13.0. The average molecular weight is 370 g/mol. The Morgan fingerprint density at radius 3 is 3.00 bits per heavy atom. The molecule has 0 bridgehead atoms. The molecule has 2 heterocycles. The molecule has 1 atom stereocenters. The van der Waals surface area contributed by atoms with Crippen molar-refractivity contribution in [3.8, 4) is 11.4 Å². The third kappa shape index (κ3) is 4.55. The highest BCUT2D eigenvalue weighted by Gasteiger charge is 2.29. The highest BCUT2D eigenvalue weighted by molar-refractivity contribution is 5.85. The van der Waals surface area contributed by atoms with Crippen LogP contribution in [0.25, 0.3) is 11.4 Å². The van der Waals surface area contributed by atoms with E-state index in [1.165, 1.54) is 6.07 Å². The Morgan fingerprint density at radius 2 is 2.28 bits per heavy atom. The van der Waals surface area contributed by atoms with Gasteiger partial charge in [0.05, 0.1) is 0 Å². The first-order chi connectivity index (χ1) is 11.5.